The van der Waals surface area contributed by atoms with E-state index in [1.807, 2.05) is 12.2 Å². The molecule has 0 aromatic heterocycles. The fourth-order valence-electron chi connectivity index (χ4n) is 1.07. The van der Waals surface area contributed by atoms with Crippen LogP contribution in [0.15, 0.2) is 24.0 Å². The fraction of sp³-hybridized carbons (Fsp3) is 0.286. The molecule has 2 rings (SSSR count). The summed E-state index contributed by atoms with van der Waals surface area (Å²) in [5, 5.41) is 3.09. The van der Waals surface area contributed by atoms with Crippen molar-refractivity contribution in [2.45, 2.75) is 12.5 Å². The Hall–Kier alpha value is -0.760. The minimum Gasteiger partial charge on any atom is -0.472 e. The maximum absolute atomic E-state index is 5.13. The van der Waals surface area contributed by atoms with Gasteiger partial charge in [-0.2, -0.15) is 0 Å². The number of hydrogen-bond donors (Lipinski definition) is 1. The van der Waals surface area contributed by atoms with E-state index in [-0.39, 0.29) is 0 Å². The zero-order valence-corrected chi connectivity index (χ0v) is 5.00. The molecule has 1 unspecified atom stereocenters. The Balaban J connectivity index is 2.23. The predicted octanol–water partition coefficient (Wildman–Crippen LogP) is 0.938. The van der Waals surface area contributed by atoms with Gasteiger partial charge < -0.3 is 4.74 Å². The molecule has 0 amide bonds. The van der Waals surface area contributed by atoms with Crippen molar-refractivity contribution in [3.8, 4) is 0 Å². The zero-order valence-electron chi connectivity index (χ0n) is 5.00. The first-order valence-electron chi connectivity index (χ1n) is 3.08. The lowest BCUT2D eigenvalue weighted by molar-refractivity contribution is 0.321. The van der Waals surface area contributed by atoms with Crippen LogP contribution in [-0.4, -0.2) is 6.04 Å². The Labute approximate surface area is 54.2 Å². The molecule has 1 aliphatic heterocycles. The maximum atomic E-state index is 5.13. The zero-order chi connectivity index (χ0) is 6.10. The van der Waals surface area contributed by atoms with Crippen molar-refractivity contribution in [2.75, 3.05) is 0 Å². The third-order valence-electron chi connectivity index (χ3n) is 1.58. The van der Waals surface area contributed by atoms with Gasteiger partial charge in [0.1, 0.15) is 5.76 Å². The van der Waals surface area contributed by atoms with E-state index in [0.717, 1.165) is 12.2 Å². The van der Waals surface area contributed by atoms with E-state index in [1.165, 1.54) is 0 Å². The van der Waals surface area contributed by atoms with Crippen molar-refractivity contribution in [1.29, 1.82) is 0 Å². The van der Waals surface area contributed by atoms with E-state index in [9.17, 15) is 0 Å². The highest BCUT2D eigenvalue weighted by molar-refractivity contribution is 5.22. The third kappa shape index (κ3) is 0.754. The van der Waals surface area contributed by atoms with Crippen LogP contribution >= 0.6 is 0 Å². The number of nitrogens with one attached hydrogen (secondary N) is 1. The molecular formula is C7H8NO. The number of ether oxygens (including phenoxy) is 1. The molecule has 1 saturated heterocycles. The molecular weight excluding hydrogens is 114 g/mol. The highest BCUT2D eigenvalue weighted by Gasteiger charge is 2.21. The molecule has 0 saturated carbocycles. The lowest BCUT2D eigenvalue weighted by Crippen LogP contribution is -2.20. The first-order chi connectivity index (χ1) is 4.47. The normalized spacial score (nSPS) is 31.1. The van der Waals surface area contributed by atoms with Gasteiger partial charge in [-0.15, -0.1) is 0 Å². The highest BCUT2D eigenvalue weighted by atomic mass is 16.5. The molecule has 2 nitrogen and oxygen atoms in total. The second-order valence-electron chi connectivity index (χ2n) is 2.19. The summed E-state index contributed by atoms with van der Waals surface area (Å²) in [6.45, 7) is 1.64. The summed E-state index contributed by atoms with van der Waals surface area (Å²) in [5.41, 5.74) is 0. The van der Waals surface area contributed by atoms with Gasteiger partial charge in [0.05, 0.1) is 6.04 Å². The van der Waals surface area contributed by atoms with Gasteiger partial charge in [-0.3, -0.25) is 5.32 Å². The van der Waals surface area contributed by atoms with Crippen LogP contribution in [0.25, 0.3) is 0 Å². The number of rotatable bonds is 0. The molecule has 2 heteroatoms. The van der Waals surface area contributed by atoms with Gasteiger partial charge in [0.15, 0.2) is 0 Å². The van der Waals surface area contributed by atoms with Crippen LogP contribution in [0, 0.1) is 6.73 Å². The molecule has 9 heavy (non-hydrogen) atoms. The summed E-state index contributed by atoms with van der Waals surface area (Å²) in [5.74, 6) is 1.04. The molecule has 0 aromatic rings. The average molecular weight is 122 g/mol. The molecule has 1 fully saturated rings. The van der Waals surface area contributed by atoms with E-state index in [0.29, 0.717) is 6.04 Å². The first-order valence-corrected chi connectivity index (χ1v) is 3.08. The van der Waals surface area contributed by atoms with Gasteiger partial charge in [-0.25, -0.2) is 0 Å². The molecule has 2 aliphatic rings. The SMILES string of the molecule is [CH]1NC2CC=CC=C2O1. The maximum Gasteiger partial charge on any atom is 0.201 e. The second kappa shape index (κ2) is 1.88. The summed E-state index contributed by atoms with van der Waals surface area (Å²) in [7, 11) is 0. The molecule has 1 N–H and O–H groups in total. The van der Waals surface area contributed by atoms with Crippen LogP contribution < -0.4 is 5.32 Å². The van der Waals surface area contributed by atoms with Crippen molar-refractivity contribution in [3.63, 3.8) is 0 Å². The highest BCUT2D eigenvalue weighted by Crippen LogP contribution is 2.19. The Kier molecular flexibility index (Phi) is 1.06. The van der Waals surface area contributed by atoms with E-state index in [4.69, 9.17) is 4.74 Å². The summed E-state index contributed by atoms with van der Waals surface area (Å²) < 4.78 is 5.13. The number of allylic oxidation sites excluding steroid dienone is 2. The van der Waals surface area contributed by atoms with Crippen molar-refractivity contribution < 1.29 is 4.74 Å². The molecule has 0 bridgehead atoms. The molecule has 47 valence electrons. The largest absolute Gasteiger partial charge is 0.472 e. The van der Waals surface area contributed by atoms with Crippen LogP contribution in [0.1, 0.15) is 6.42 Å². The molecule has 0 spiro atoms. The van der Waals surface area contributed by atoms with Crippen LogP contribution in [0.2, 0.25) is 0 Å². The average Bonchev–Trinajstić information content (AvgIpc) is 2.33. The minimum absolute atomic E-state index is 0.412. The molecule has 1 heterocycles. The van der Waals surface area contributed by atoms with Gasteiger partial charge in [0.25, 0.3) is 0 Å². The lowest BCUT2D eigenvalue weighted by atomic mass is 10.1. The Morgan fingerprint density at radius 1 is 1.67 bits per heavy atom. The lowest BCUT2D eigenvalue weighted by Gasteiger charge is -2.08. The van der Waals surface area contributed by atoms with E-state index in [1.54, 1.807) is 6.73 Å². The Morgan fingerprint density at radius 2 is 2.67 bits per heavy atom. The summed E-state index contributed by atoms with van der Waals surface area (Å²) in [6.07, 6.45) is 7.18. The summed E-state index contributed by atoms with van der Waals surface area (Å²) in [6, 6.07) is 0.412. The van der Waals surface area contributed by atoms with Crippen molar-refractivity contribution >= 4 is 0 Å². The van der Waals surface area contributed by atoms with E-state index >= 15 is 0 Å². The van der Waals surface area contributed by atoms with Crippen molar-refractivity contribution in [2.24, 2.45) is 0 Å². The van der Waals surface area contributed by atoms with Crippen LogP contribution in [0.4, 0.5) is 0 Å². The van der Waals surface area contributed by atoms with Gasteiger partial charge in [0, 0.05) is 0 Å². The third-order valence-corrected chi connectivity index (χ3v) is 1.58. The number of hydrogen-bond acceptors (Lipinski definition) is 2. The summed E-state index contributed by atoms with van der Waals surface area (Å²) >= 11 is 0. The smallest absolute Gasteiger partial charge is 0.201 e. The van der Waals surface area contributed by atoms with Gasteiger partial charge in [-0.05, 0) is 12.5 Å². The van der Waals surface area contributed by atoms with Crippen molar-refractivity contribution in [3.05, 3.63) is 30.7 Å². The Morgan fingerprint density at radius 3 is 3.56 bits per heavy atom. The fourth-order valence-corrected chi connectivity index (χ4v) is 1.07. The topological polar surface area (TPSA) is 21.3 Å². The number of fused-ring (bicyclic) bond motifs is 1. The Bertz CT molecular complexity index is 172. The monoisotopic (exact) mass is 122 g/mol. The van der Waals surface area contributed by atoms with Gasteiger partial charge in [0.2, 0.25) is 6.73 Å². The molecule has 1 radical (unpaired) electrons. The summed E-state index contributed by atoms with van der Waals surface area (Å²) in [4.78, 5) is 0. The van der Waals surface area contributed by atoms with E-state index < -0.39 is 0 Å². The first kappa shape index (κ1) is 5.06. The van der Waals surface area contributed by atoms with Crippen LogP contribution in [-0.2, 0) is 4.74 Å². The van der Waals surface area contributed by atoms with Crippen LogP contribution in [0.3, 0.4) is 0 Å². The molecule has 1 aliphatic carbocycles. The van der Waals surface area contributed by atoms with Gasteiger partial charge >= 0.3 is 0 Å². The van der Waals surface area contributed by atoms with Gasteiger partial charge in [-0.1, -0.05) is 12.2 Å². The molecule has 0 aromatic carbocycles. The standard InChI is InChI=1S/C7H8NO/c1-2-4-7-6(3-1)8-5-9-7/h1-2,4-6,8H,3H2. The quantitative estimate of drug-likeness (QED) is 0.516. The van der Waals surface area contributed by atoms with E-state index in [2.05, 4.69) is 11.4 Å². The van der Waals surface area contributed by atoms with Crippen LogP contribution in [0.5, 0.6) is 0 Å². The molecule has 1 atom stereocenters. The van der Waals surface area contributed by atoms with Crippen molar-refractivity contribution in [1.82, 2.24) is 5.32 Å². The predicted molar refractivity (Wildman–Crippen MR) is 34.1 cm³/mol. The minimum atomic E-state index is 0.412. The second-order valence-corrected chi connectivity index (χ2v) is 2.19.